The zero-order valence-corrected chi connectivity index (χ0v) is 10.4. The molecule has 0 aliphatic heterocycles. The van der Waals surface area contributed by atoms with E-state index in [0.717, 1.165) is 0 Å². The highest BCUT2D eigenvalue weighted by Crippen LogP contribution is 2.14. The van der Waals surface area contributed by atoms with Gasteiger partial charge in [0.15, 0.2) is 23.0 Å². The fourth-order valence-electron chi connectivity index (χ4n) is 0.681. The molecule has 13 heavy (non-hydrogen) atoms. The quantitative estimate of drug-likeness (QED) is 0.569. The SMILES string of the molecule is CCOC(=O)C(CC(=O)OI)SC. The third-order valence-corrected chi connectivity index (χ3v) is 2.69. The summed E-state index contributed by atoms with van der Waals surface area (Å²) in [6.07, 6.45) is 1.81. The van der Waals surface area contributed by atoms with Gasteiger partial charge in [-0.05, 0) is 13.2 Å². The van der Waals surface area contributed by atoms with Crippen molar-refractivity contribution in [1.82, 2.24) is 0 Å². The summed E-state index contributed by atoms with van der Waals surface area (Å²) in [6, 6.07) is 0. The first-order valence-corrected chi connectivity index (χ1v) is 5.83. The lowest BCUT2D eigenvalue weighted by Gasteiger charge is -2.10. The number of halogens is 1. The van der Waals surface area contributed by atoms with Gasteiger partial charge in [0.1, 0.15) is 5.25 Å². The minimum Gasteiger partial charge on any atom is -0.465 e. The molecule has 0 amide bonds. The van der Waals surface area contributed by atoms with Crippen LogP contribution < -0.4 is 0 Å². The number of carbonyl (C=O) groups is 2. The van der Waals surface area contributed by atoms with Crippen LogP contribution in [0.5, 0.6) is 0 Å². The predicted molar refractivity (Wildman–Crippen MR) is 58.7 cm³/mol. The standard InChI is InChI=1S/C7H11IO4S/c1-3-11-7(10)5(13-2)4-6(9)12-8/h5H,3-4H2,1-2H3. The van der Waals surface area contributed by atoms with Crippen molar-refractivity contribution in [2.45, 2.75) is 18.6 Å². The van der Waals surface area contributed by atoms with Gasteiger partial charge in [0, 0.05) is 0 Å². The number of rotatable bonds is 5. The molecule has 0 saturated carbocycles. The van der Waals surface area contributed by atoms with E-state index < -0.39 is 11.2 Å². The third kappa shape index (κ3) is 5.35. The number of thioether (sulfide) groups is 1. The summed E-state index contributed by atoms with van der Waals surface area (Å²) in [5, 5.41) is -0.456. The van der Waals surface area contributed by atoms with Gasteiger partial charge in [-0.3, -0.25) is 9.59 Å². The maximum atomic E-state index is 11.2. The molecular formula is C7H11IO4S. The Balaban J connectivity index is 4.01. The van der Waals surface area contributed by atoms with Crippen LogP contribution in [-0.2, 0) is 17.4 Å². The molecular weight excluding hydrogens is 307 g/mol. The lowest BCUT2D eigenvalue weighted by Crippen LogP contribution is -2.23. The van der Waals surface area contributed by atoms with E-state index in [1.54, 1.807) is 13.2 Å². The Labute approximate surface area is 95.4 Å². The fourth-order valence-corrected chi connectivity index (χ4v) is 1.42. The fraction of sp³-hybridized carbons (Fsp3) is 0.714. The van der Waals surface area contributed by atoms with Crippen LogP contribution in [-0.4, -0.2) is 30.1 Å². The van der Waals surface area contributed by atoms with E-state index >= 15 is 0 Å². The first-order chi connectivity index (χ1) is 6.15. The molecule has 1 unspecified atom stereocenters. The van der Waals surface area contributed by atoms with Crippen molar-refractivity contribution in [1.29, 1.82) is 0 Å². The summed E-state index contributed by atoms with van der Waals surface area (Å²) in [4.78, 5) is 22.0. The average molecular weight is 318 g/mol. The number of hydrogen-bond donors (Lipinski definition) is 0. The first-order valence-electron chi connectivity index (χ1n) is 3.66. The Morgan fingerprint density at radius 2 is 2.15 bits per heavy atom. The van der Waals surface area contributed by atoms with Gasteiger partial charge >= 0.3 is 11.9 Å². The topological polar surface area (TPSA) is 52.6 Å². The second-order valence-electron chi connectivity index (χ2n) is 2.13. The van der Waals surface area contributed by atoms with Gasteiger partial charge in [-0.25, -0.2) is 0 Å². The molecule has 0 saturated heterocycles. The Morgan fingerprint density at radius 1 is 1.54 bits per heavy atom. The van der Waals surface area contributed by atoms with Gasteiger partial charge in [-0.2, -0.15) is 0 Å². The zero-order valence-electron chi connectivity index (χ0n) is 7.41. The van der Waals surface area contributed by atoms with E-state index in [1.807, 2.05) is 0 Å². The molecule has 76 valence electrons. The lowest BCUT2D eigenvalue weighted by molar-refractivity contribution is -0.145. The van der Waals surface area contributed by atoms with Crippen molar-refractivity contribution >= 4 is 46.7 Å². The maximum Gasteiger partial charge on any atom is 0.319 e. The van der Waals surface area contributed by atoms with E-state index in [9.17, 15) is 9.59 Å². The first kappa shape index (κ1) is 13.0. The van der Waals surface area contributed by atoms with Crippen molar-refractivity contribution in [3.8, 4) is 0 Å². The highest BCUT2D eigenvalue weighted by atomic mass is 127. The van der Waals surface area contributed by atoms with Gasteiger partial charge in [-0.15, -0.1) is 11.8 Å². The normalized spacial score (nSPS) is 11.9. The summed E-state index contributed by atoms with van der Waals surface area (Å²) in [5.74, 6) is -0.773. The van der Waals surface area contributed by atoms with Crippen LogP contribution in [0.25, 0.3) is 0 Å². The number of ether oxygens (including phenoxy) is 1. The summed E-state index contributed by atoms with van der Waals surface area (Å²) < 4.78 is 9.19. The number of hydrogen-bond acceptors (Lipinski definition) is 5. The van der Waals surface area contributed by atoms with Crippen LogP contribution in [0.15, 0.2) is 0 Å². The largest absolute Gasteiger partial charge is 0.465 e. The smallest absolute Gasteiger partial charge is 0.319 e. The summed E-state index contributed by atoms with van der Waals surface area (Å²) >= 11 is 2.78. The van der Waals surface area contributed by atoms with Crippen LogP contribution >= 0.6 is 34.8 Å². The molecule has 1 atom stereocenters. The van der Waals surface area contributed by atoms with Gasteiger partial charge < -0.3 is 7.80 Å². The van der Waals surface area contributed by atoms with Crippen molar-refractivity contribution in [2.24, 2.45) is 0 Å². The van der Waals surface area contributed by atoms with Crippen molar-refractivity contribution in [2.75, 3.05) is 12.9 Å². The van der Waals surface area contributed by atoms with Gasteiger partial charge in [0.05, 0.1) is 13.0 Å². The van der Waals surface area contributed by atoms with Crippen LogP contribution in [0.4, 0.5) is 0 Å². The molecule has 0 aromatic carbocycles. The van der Waals surface area contributed by atoms with Crippen molar-refractivity contribution < 1.29 is 17.4 Å². The molecule has 4 nitrogen and oxygen atoms in total. The number of carbonyl (C=O) groups excluding carboxylic acids is 2. The highest BCUT2D eigenvalue weighted by Gasteiger charge is 2.22. The Hall–Kier alpha value is 0.0200. The van der Waals surface area contributed by atoms with Crippen molar-refractivity contribution in [3.63, 3.8) is 0 Å². The Kier molecular flexibility index (Phi) is 7.44. The van der Waals surface area contributed by atoms with E-state index in [4.69, 9.17) is 4.74 Å². The highest BCUT2D eigenvalue weighted by molar-refractivity contribution is 14.1. The molecule has 0 N–H and O–H groups in total. The molecule has 0 rings (SSSR count). The van der Waals surface area contributed by atoms with E-state index in [1.165, 1.54) is 34.8 Å². The minimum absolute atomic E-state index is 0.0585. The Morgan fingerprint density at radius 3 is 2.54 bits per heavy atom. The minimum atomic E-state index is -0.456. The van der Waals surface area contributed by atoms with E-state index in [-0.39, 0.29) is 12.4 Å². The third-order valence-electron chi connectivity index (χ3n) is 1.27. The average Bonchev–Trinajstić information content (AvgIpc) is 2.14. The van der Waals surface area contributed by atoms with Gasteiger partial charge in [0.25, 0.3) is 0 Å². The molecule has 0 radical (unpaired) electrons. The molecule has 0 aromatic rings. The molecule has 6 heteroatoms. The monoisotopic (exact) mass is 318 g/mol. The van der Waals surface area contributed by atoms with Crippen LogP contribution in [0.1, 0.15) is 13.3 Å². The molecule has 0 fully saturated rings. The lowest BCUT2D eigenvalue weighted by atomic mass is 10.3. The van der Waals surface area contributed by atoms with Crippen LogP contribution in [0, 0.1) is 0 Å². The van der Waals surface area contributed by atoms with Gasteiger partial charge in [-0.1, -0.05) is 0 Å². The Bertz CT molecular complexity index is 185. The second kappa shape index (κ2) is 7.43. The van der Waals surface area contributed by atoms with Crippen LogP contribution in [0.3, 0.4) is 0 Å². The van der Waals surface area contributed by atoms with Crippen LogP contribution in [0.2, 0.25) is 0 Å². The molecule has 0 spiro atoms. The van der Waals surface area contributed by atoms with E-state index in [0.29, 0.717) is 6.61 Å². The van der Waals surface area contributed by atoms with Crippen molar-refractivity contribution in [3.05, 3.63) is 0 Å². The summed E-state index contributed by atoms with van der Waals surface area (Å²) in [7, 11) is 0. The number of esters is 1. The molecule has 0 heterocycles. The zero-order chi connectivity index (χ0) is 10.3. The summed E-state index contributed by atoms with van der Waals surface area (Å²) in [6.45, 7) is 2.06. The molecule has 0 aliphatic rings. The van der Waals surface area contributed by atoms with E-state index in [2.05, 4.69) is 3.07 Å². The maximum absolute atomic E-state index is 11.2. The molecule has 0 aliphatic carbocycles. The van der Waals surface area contributed by atoms with Gasteiger partial charge in [0.2, 0.25) is 0 Å². The molecule has 0 aromatic heterocycles. The second-order valence-corrected chi connectivity index (χ2v) is 3.61. The predicted octanol–water partition coefficient (Wildman–Crippen LogP) is 1.56. The summed E-state index contributed by atoms with van der Waals surface area (Å²) in [5.41, 5.74) is 0. The molecule has 0 bridgehead atoms.